The van der Waals surface area contributed by atoms with Crippen molar-refractivity contribution in [3.63, 3.8) is 0 Å². The average Bonchev–Trinajstić information content (AvgIpc) is 2.52. The van der Waals surface area contributed by atoms with E-state index in [0.29, 0.717) is 11.6 Å². The van der Waals surface area contributed by atoms with Crippen LogP contribution < -0.4 is 5.73 Å². The first-order valence-electron chi connectivity index (χ1n) is 3.63. The van der Waals surface area contributed by atoms with E-state index in [4.69, 9.17) is 17.3 Å². The number of nitrogens with one attached hydrogen (secondary N) is 1. The first-order chi connectivity index (χ1) is 5.83. The number of hydrogen-bond acceptors (Lipinski definition) is 2. The number of benzene rings is 1. The summed E-state index contributed by atoms with van der Waals surface area (Å²) in [6.07, 6.45) is 1.74. The van der Waals surface area contributed by atoms with Crippen molar-refractivity contribution in [2.45, 2.75) is 6.54 Å². The topological polar surface area (TPSA) is 54.7 Å². The van der Waals surface area contributed by atoms with Crippen molar-refractivity contribution in [3.8, 4) is 0 Å². The number of nitrogens with zero attached hydrogens (tertiary/aromatic N) is 1. The molecule has 0 atom stereocenters. The lowest BCUT2D eigenvalue weighted by molar-refractivity contribution is 1.09. The van der Waals surface area contributed by atoms with E-state index in [2.05, 4.69) is 10.2 Å². The molecule has 0 fully saturated rings. The number of aromatic amines is 1. The van der Waals surface area contributed by atoms with Crippen molar-refractivity contribution < 1.29 is 0 Å². The summed E-state index contributed by atoms with van der Waals surface area (Å²) in [6.45, 7) is 0.440. The van der Waals surface area contributed by atoms with Gasteiger partial charge in [-0.3, -0.25) is 5.10 Å². The first-order valence-corrected chi connectivity index (χ1v) is 4.01. The molecule has 2 rings (SSSR count). The maximum Gasteiger partial charge on any atom is 0.0654 e. The maximum absolute atomic E-state index is 5.94. The van der Waals surface area contributed by atoms with Gasteiger partial charge in [-0.15, -0.1) is 0 Å². The van der Waals surface area contributed by atoms with E-state index in [-0.39, 0.29) is 0 Å². The molecule has 0 aliphatic rings. The molecule has 0 aliphatic heterocycles. The highest BCUT2D eigenvalue weighted by Crippen LogP contribution is 2.23. The predicted octanol–water partition coefficient (Wildman–Crippen LogP) is 1.67. The fourth-order valence-corrected chi connectivity index (χ4v) is 1.50. The van der Waals surface area contributed by atoms with Crippen molar-refractivity contribution in [1.29, 1.82) is 0 Å². The molecule has 2 aromatic rings. The number of H-pyrrole nitrogens is 1. The van der Waals surface area contributed by atoms with Gasteiger partial charge in [0, 0.05) is 17.0 Å². The molecule has 1 heterocycles. The van der Waals surface area contributed by atoms with Gasteiger partial charge in [0.1, 0.15) is 0 Å². The Labute approximate surface area is 74.5 Å². The third kappa shape index (κ3) is 0.983. The Morgan fingerprint density at radius 3 is 3.08 bits per heavy atom. The lowest BCUT2D eigenvalue weighted by Crippen LogP contribution is -1.97. The van der Waals surface area contributed by atoms with Gasteiger partial charge in [-0.05, 0) is 17.7 Å². The molecule has 1 aromatic heterocycles. The van der Waals surface area contributed by atoms with E-state index in [1.165, 1.54) is 0 Å². The second-order valence-corrected chi connectivity index (χ2v) is 2.97. The quantitative estimate of drug-likeness (QED) is 0.703. The van der Waals surface area contributed by atoms with Crippen LogP contribution in [0.3, 0.4) is 0 Å². The molecule has 12 heavy (non-hydrogen) atoms. The minimum atomic E-state index is 0.440. The highest BCUT2D eigenvalue weighted by Gasteiger charge is 2.04. The summed E-state index contributed by atoms with van der Waals surface area (Å²) in [6, 6.07) is 3.72. The van der Waals surface area contributed by atoms with E-state index < -0.39 is 0 Å². The molecule has 62 valence electrons. The molecule has 0 unspecified atom stereocenters. The van der Waals surface area contributed by atoms with Crippen molar-refractivity contribution in [3.05, 3.63) is 28.9 Å². The minimum Gasteiger partial charge on any atom is -0.326 e. The Kier molecular flexibility index (Phi) is 1.75. The van der Waals surface area contributed by atoms with Gasteiger partial charge in [-0.1, -0.05) is 11.6 Å². The fraction of sp³-hybridized carbons (Fsp3) is 0.125. The number of rotatable bonds is 1. The lowest BCUT2D eigenvalue weighted by Gasteiger charge is -2.00. The summed E-state index contributed by atoms with van der Waals surface area (Å²) in [7, 11) is 0. The lowest BCUT2D eigenvalue weighted by atomic mass is 10.1. The summed E-state index contributed by atoms with van der Waals surface area (Å²) < 4.78 is 0. The Morgan fingerprint density at radius 2 is 2.33 bits per heavy atom. The van der Waals surface area contributed by atoms with E-state index in [0.717, 1.165) is 16.5 Å². The minimum absolute atomic E-state index is 0.440. The number of fused-ring (bicyclic) bond motifs is 1. The van der Waals surface area contributed by atoms with Crippen LogP contribution in [0, 0.1) is 0 Å². The maximum atomic E-state index is 5.94. The SMILES string of the molecule is NCc1c(Cl)ccc2[nH]ncc12. The van der Waals surface area contributed by atoms with Crippen molar-refractivity contribution in [2.75, 3.05) is 0 Å². The second-order valence-electron chi connectivity index (χ2n) is 2.56. The summed E-state index contributed by atoms with van der Waals surface area (Å²) in [5, 5.41) is 8.47. The normalized spacial score (nSPS) is 10.8. The van der Waals surface area contributed by atoms with E-state index in [1.54, 1.807) is 6.20 Å². The molecule has 0 saturated heterocycles. The molecule has 3 N–H and O–H groups in total. The smallest absolute Gasteiger partial charge is 0.0654 e. The van der Waals surface area contributed by atoms with Crippen LogP contribution in [0.15, 0.2) is 18.3 Å². The van der Waals surface area contributed by atoms with E-state index >= 15 is 0 Å². The van der Waals surface area contributed by atoms with E-state index in [1.807, 2.05) is 12.1 Å². The number of aromatic nitrogens is 2. The van der Waals surface area contributed by atoms with Crippen molar-refractivity contribution in [1.82, 2.24) is 10.2 Å². The predicted molar refractivity (Wildman–Crippen MR) is 49.0 cm³/mol. The van der Waals surface area contributed by atoms with Crippen LogP contribution in [0.25, 0.3) is 10.9 Å². The second kappa shape index (κ2) is 2.77. The molecule has 0 spiro atoms. The number of hydrogen-bond donors (Lipinski definition) is 2. The van der Waals surface area contributed by atoms with Crippen LogP contribution in [0.1, 0.15) is 5.56 Å². The Morgan fingerprint density at radius 1 is 1.50 bits per heavy atom. The van der Waals surface area contributed by atoms with Gasteiger partial charge in [-0.2, -0.15) is 5.10 Å². The van der Waals surface area contributed by atoms with Crippen LogP contribution in [-0.4, -0.2) is 10.2 Å². The van der Waals surface area contributed by atoms with Crippen LogP contribution in [0.2, 0.25) is 5.02 Å². The molecular weight excluding hydrogens is 174 g/mol. The van der Waals surface area contributed by atoms with Gasteiger partial charge < -0.3 is 5.73 Å². The average molecular weight is 182 g/mol. The highest BCUT2D eigenvalue weighted by atomic mass is 35.5. The van der Waals surface area contributed by atoms with Gasteiger partial charge in [0.05, 0.1) is 11.7 Å². The molecule has 4 heteroatoms. The van der Waals surface area contributed by atoms with Crippen molar-refractivity contribution >= 4 is 22.5 Å². The molecule has 0 aliphatic carbocycles. The molecule has 0 radical (unpaired) electrons. The third-order valence-corrected chi connectivity index (χ3v) is 2.24. The zero-order valence-corrected chi connectivity index (χ0v) is 7.10. The van der Waals surface area contributed by atoms with Crippen LogP contribution in [0.5, 0.6) is 0 Å². The third-order valence-electron chi connectivity index (χ3n) is 1.88. The molecule has 3 nitrogen and oxygen atoms in total. The van der Waals surface area contributed by atoms with Crippen LogP contribution in [0.4, 0.5) is 0 Å². The summed E-state index contributed by atoms with van der Waals surface area (Å²) in [5.41, 5.74) is 7.47. The summed E-state index contributed by atoms with van der Waals surface area (Å²) >= 11 is 5.94. The highest BCUT2D eigenvalue weighted by molar-refractivity contribution is 6.32. The molecular formula is C8H8ClN3. The molecule has 1 aromatic carbocycles. The Balaban J connectivity index is 2.83. The number of halogens is 1. The molecule has 0 saturated carbocycles. The summed E-state index contributed by atoms with van der Waals surface area (Å²) in [4.78, 5) is 0. The van der Waals surface area contributed by atoms with Gasteiger partial charge in [-0.25, -0.2) is 0 Å². The standard InChI is InChI=1S/C8H8ClN3/c9-7-1-2-8-6(4-11-12-8)5(7)3-10/h1-2,4H,3,10H2,(H,11,12). The Hall–Kier alpha value is -1.06. The zero-order valence-electron chi connectivity index (χ0n) is 6.34. The van der Waals surface area contributed by atoms with Gasteiger partial charge >= 0.3 is 0 Å². The number of nitrogens with two attached hydrogens (primary N) is 1. The monoisotopic (exact) mass is 181 g/mol. The fourth-order valence-electron chi connectivity index (χ4n) is 1.26. The van der Waals surface area contributed by atoms with E-state index in [9.17, 15) is 0 Å². The largest absolute Gasteiger partial charge is 0.326 e. The zero-order chi connectivity index (χ0) is 8.55. The van der Waals surface area contributed by atoms with Gasteiger partial charge in [0.25, 0.3) is 0 Å². The molecule has 0 bridgehead atoms. The molecule has 0 amide bonds. The van der Waals surface area contributed by atoms with Crippen LogP contribution >= 0.6 is 11.6 Å². The Bertz CT molecular complexity index is 408. The van der Waals surface area contributed by atoms with Gasteiger partial charge in [0.15, 0.2) is 0 Å². The van der Waals surface area contributed by atoms with Crippen LogP contribution in [-0.2, 0) is 6.54 Å². The summed E-state index contributed by atoms with van der Waals surface area (Å²) in [5.74, 6) is 0. The van der Waals surface area contributed by atoms with Crippen molar-refractivity contribution in [2.24, 2.45) is 5.73 Å². The first kappa shape index (κ1) is 7.58. The van der Waals surface area contributed by atoms with Gasteiger partial charge in [0.2, 0.25) is 0 Å².